The number of alkyl halides is 3. The molecule has 0 aliphatic heterocycles. The van der Waals surface area contributed by atoms with Crippen molar-refractivity contribution in [3.05, 3.63) is 0 Å². The summed E-state index contributed by atoms with van der Waals surface area (Å²) in [5.41, 5.74) is 0. The standard InChI is InChI=1S/C5H9F3N2O2/c1-3(11)2-9-4(12)10-5(6,7)8/h3,11H,2H2,1H3,(H2,9,10,12). The fourth-order valence-corrected chi connectivity index (χ4v) is 0.413. The second-order valence-electron chi connectivity index (χ2n) is 2.18. The molecule has 0 saturated heterocycles. The van der Waals surface area contributed by atoms with E-state index in [0.29, 0.717) is 5.32 Å². The Balaban J connectivity index is 3.61. The monoisotopic (exact) mass is 186 g/mol. The topological polar surface area (TPSA) is 61.4 Å². The second-order valence-corrected chi connectivity index (χ2v) is 2.18. The molecule has 12 heavy (non-hydrogen) atoms. The van der Waals surface area contributed by atoms with Gasteiger partial charge in [-0.25, -0.2) is 10.1 Å². The molecule has 0 heterocycles. The summed E-state index contributed by atoms with van der Waals surface area (Å²) < 4.78 is 34.2. The van der Waals surface area contributed by atoms with Crippen molar-refractivity contribution in [1.82, 2.24) is 10.6 Å². The summed E-state index contributed by atoms with van der Waals surface area (Å²) in [4.78, 5) is 10.3. The van der Waals surface area contributed by atoms with Crippen LogP contribution in [0.1, 0.15) is 6.92 Å². The first-order valence-corrected chi connectivity index (χ1v) is 3.12. The summed E-state index contributed by atoms with van der Waals surface area (Å²) in [5.74, 6) is 0. The molecule has 3 N–H and O–H groups in total. The predicted octanol–water partition coefficient (Wildman–Crippen LogP) is 0.186. The third kappa shape index (κ3) is 7.13. The molecule has 0 bridgehead atoms. The lowest BCUT2D eigenvalue weighted by molar-refractivity contribution is -0.145. The number of hydrogen-bond acceptors (Lipinski definition) is 2. The third-order valence-corrected chi connectivity index (χ3v) is 0.813. The summed E-state index contributed by atoms with van der Waals surface area (Å²) in [6, 6.07) is -1.37. The van der Waals surface area contributed by atoms with E-state index in [4.69, 9.17) is 5.11 Å². The van der Waals surface area contributed by atoms with Crippen LogP contribution >= 0.6 is 0 Å². The highest BCUT2D eigenvalue weighted by molar-refractivity contribution is 5.74. The molecule has 1 atom stereocenters. The SMILES string of the molecule is CC(O)CNC(=O)NC(F)(F)F. The molecule has 7 heteroatoms. The number of amides is 2. The summed E-state index contributed by atoms with van der Waals surface area (Å²) in [6.07, 6.45) is -5.60. The molecule has 72 valence electrons. The molecule has 4 nitrogen and oxygen atoms in total. The zero-order chi connectivity index (χ0) is 9.78. The molecule has 0 aliphatic carbocycles. The van der Waals surface area contributed by atoms with Crippen molar-refractivity contribution >= 4 is 6.03 Å². The molecule has 0 fully saturated rings. The molecular weight excluding hydrogens is 177 g/mol. The lowest BCUT2D eigenvalue weighted by atomic mass is 10.4. The van der Waals surface area contributed by atoms with E-state index in [0.717, 1.165) is 0 Å². The maximum absolute atomic E-state index is 11.4. The molecule has 0 aromatic heterocycles. The van der Waals surface area contributed by atoms with Crippen molar-refractivity contribution in [2.24, 2.45) is 0 Å². The normalized spacial score (nSPS) is 13.8. The zero-order valence-corrected chi connectivity index (χ0v) is 6.27. The fraction of sp³-hybridized carbons (Fsp3) is 0.800. The Morgan fingerprint density at radius 2 is 2.08 bits per heavy atom. The van der Waals surface area contributed by atoms with Gasteiger partial charge in [0.05, 0.1) is 6.10 Å². The van der Waals surface area contributed by atoms with Gasteiger partial charge in [0.1, 0.15) is 0 Å². The van der Waals surface area contributed by atoms with Crippen LogP contribution in [0, 0.1) is 0 Å². The van der Waals surface area contributed by atoms with Crippen LogP contribution in [0.4, 0.5) is 18.0 Å². The lowest BCUT2D eigenvalue weighted by Crippen LogP contribution is -2.45. The molecule has 0 aliphatic rings. The van der Waals surface area contributed by atoms with Crippen molar-refractivity contribution in [3.8, 4) is 0 Å². The highest BCUT2D eigenvalue weighted by atomic mass is 19.4. The minimum atomic E-state index is -4.73. The highest BCUT2D eigenvalue weighted by Gasteiger charge is 2.29. The largest absolute Gasteiger partial charge is 0.485 e. The van der Waals surface area contributed by atoms with Crippen LogP contribution in [0.3, 0.4) is 0 Å². The van der Waals surface area contributed by atoms with Crippen molar-refractivity contribution in [2.75, 3.05) is 6.54 Å². The average Bonchev–Trinajstić information content (AvgIpc) is 1.79. The van der Waals surface area contributed by atoms with E-state index in [1.165, 1.54) is 6.92 Å². The van der Waals surface area contributed by atoms with Gasteiger partial charge in [0.2, 0.25) is 0 Å². The van der Waals surface area contributed by atoms with Gasteiger partial charge in [0, 0.05) is 6.54 Å². The number of urea groups is 1. The zero-order valence-electron chi connectivity index (χ0n) is 6.27. The van der Waals surface area contributed by atoms with E-state index in [-0.39, 0.29) is 6.54 Å². The number of nitrogens with one attached hydrogen (secondary N) is 2. The van der Waals surface area contributed by atoms with Crippen LogP contribution in [0.15, 0.2) is 0 Å². The number of halogens is 3. The van der Waals surface area contributed by atoms with Crippen LogP contribution in [-0.2, 0) is 0 Å². The Kier molecular flexibility index (Phi) is 3.81. The Labute approximate surface area is 66.8 Å². The Morgan fingerprint density at radius 3 is 2.42 bits per heavy atom. The van der Waals surface area contributed by atoms with Gasteiger partial charge in [-0.15, -0.1) is 0 Å². The van der Waals surface area contributed by atoms with E-state index < -0.39 is 18.4 Å². The van der Waals surface area contributed by atoms with E-state index in [1.807, 2.05) is 5.32 Å². The van der Waals surface area contributed by atoms with Crippen molar-refractivity contribution in [3.63, 3.8) is 0 Å². The van der Waals surface area contributed by atoms with E-state index in [9.17, 15) is 18.0 Å². The minimum Gasteiger partial charge on any atom is -0.392 e. The fourth-order valence-electron chi connectivity index (χ4n) is 0.413. The minimum absolute atomic E-state index is 0.220. The molecule has 1 unspecified atom stereocenters. The maximum atomic E-state index is 11.4. The quantitative estimate of drug-likeness (QED) is 0.539. The van der Waals surface area contributed by atoms with Crippen LogP contribution in [0.5, 0.6) is 0 Å². The summed E-state index contributed by atoms with van der Waals surface area (Å²) >= 11 is 0. The average molecular weight is 186 g/mol. The Morgan fingerprint density at radius 1 is 1.58 bits per heavy atom. The van der Waals surface area contributed by atoms with Crippen LogP contribution < -0.4 is 10.6 Å². The summed E-state index contributed by atoms with van der Waals surface area (Å²) in [5, 5.41) is 11.1. The van der Waals surface area contributed by atoms with Gasteiger partial charge in [-0.05, 0) is 6.92 Å². The molecule has 0 saturated carbocycles. The van der Waals surface area contributed by atoms with Crippen LogP contribution in [0.2, 0.25) is 0 Å². The predicted molar refractivity (Wildman–Crippen MR) is 34.3 cm³/mol. The number of aliphatic hydroxyl groups is 1. The molecule has 0 spiro atoms. The molecule has 2 amide bonds. The first-order chi connectivity index (χ1) is 5.31. The Bertz CT molecular complexity index is 157. The number of carbonyl (C=O) groups is 1. The lowest BCUT2D eigenvalue weighted by Gasteiger charge is -2.10. The van der Waals surface area contributed by atoms with Crippen LogP contribution in [0.25, 0.3) is 0 Å². The number of aliphatic hydroxyl groups excluding tert-OH is 1. The maximum Gasteiger partial charge on any atom is 0.485 e. The third-order valence-electron chi connectivity index (χ3n) is 0.813. The molecular formula is C5H9F3N2O2. The smallest absolute Gasteiger partial charge is 0.392 e. The van der Waals surface area contributed by atoms with Crippen molar-refractivity contribution < 1.29 is 23.1 Å². The molecule has 0 aromatic rings. The number of rotatable bonds is 2. The summed E-state index contributed by atoms with van der Waals surface area (Å²) in [7, 11) is 0. The Hall–Kier alpha value is -0.980. The second kappa shape index (κ2) is 4.15. The van der Waals surface area contributed by atoms with Crippen LogP contribution in [-0.4, -0.2) is 30.1 Å². The molecule has 0 aromatic carbocycles. The summed E-state index contributed by atoms with van der Waals surface area (Å²) in [6.45, 7) is 1.12. The van der Waals surface area contributed by atoms with Gasteiger partial charge in [-0.3, -0.25) is 0 Å². The molecule has 0 rings (SSSR count). The van der Waals surface area contributed by atoms with Crippen molar-refractivity contribution in [2.45, 2.75) is 19.3 Å². The first kappa shape index (κ1) is 11.0. The van der Waals surface area contributed by atoms with Gasteiger partial charge < -0.3 is 10.4 Å². The highest BCUT2D eigenvalue weighted by Crippen LogP contribution is 2.08. The van der Waals surface area contributed by atoms with Gasteiger partial charge >= 0.3 is 12.3 Å². The van der Waals surface area contributed by atoms with Gasteiger partial charge in [-0.1, -0.05) is 0 Å². The van der Waals surface area contributed by atoms with Crippen molar-refractivity contribution in [1.29, 1.82) is 0 Å². The van der Waals surface area contributed by atoms with Gasteiger partial charge in [0.25, 0.3) is 0 Å². The first-order valence-electron chi connectivity index (χ1n) is 3.12. The van der Waals surface area contributed by atoms with Gasteiger partial charge in [0.15, 0.2) is 0 Å². The number of carbonyl (C=O) groups excluding carboxylic acids is 1. The number of hydrogen-bond donors (Lipinski definition) is 3. The van der Waals surface area contributed by atoms with E-state index in [1.54, 1.807) is 0 Å². The molecule has 0 radical (unpaired) electrons. The van der Waals surface area contributed by atoms with E-state index >= 15 is 0 Å². The van der Waals surface area contributed by atoms with Gasteiger partial charge in [-0.2, -0.15) is 13.2 Å². The van der Waals surface area contributed by atoms with E-state index in [2.05, 4.69) is 0 Å².